The Kier molecular flexibility index (Phi) is 2.14. The van der Waals surface area contributed by atoms with Crippen LogP contribution in [0.15, 0.2) is 0 Å². The first-order valence-electron chi connectivity index (χ1n) is 3.60. The number of aromatic nitrogens is 2. The number of hydrogen-bond donors (Lipinski definition) is 1. The highest BCUT2D eigenvalue weighted by atomic mass is 32.1. The van der Waals surface area contributed by atoms with Crippen LogP contribution in [0.2, 0.25) is 0 Å². The highest BCUT2D eigenvalue weighted by molar-refractivity contribution is 7.16. The monoisotopic (exact) mass is 186 g/mol. The molecular weight excluding hydrogens is 174 g/mol. The van der Waals surface area contributed by atoms with Gasteiger partial charge in [-0.3, -0.25) is 10.5 Å². The fourth-order valence-corrected chi connectivity index (χ4v) is 1.46. The van der Waals surface area contributed by atoms with Crippen LogP contribution in [0.4, 0.5) is 5.13 Å². The summed E-state index contributed by atoms with van der Waals surface area (Å²) in [6, 6.07) is 0. The molecule has 1 aromatic rings. The van der Waals surface area contributed by atoms with Crippen LogP contribution in [0.1, 0.15) is 30.6 Å². The molecule has 0 radical (unpaired) electrons. The quantitative estimate of drug-likeness (QED) is 0.658. The molecule has 66 valence electrons. The van der Waals surface area contributed by atoms with Gasteiger partial charge in [0.05, 0.1) is 0 Å². The first-order valence-corrected chi connectivity index (χ1v) is 4.41. The maximum absolute atomic E-state index is 11.6. The highest BCUT2D eigenvalue weighted by Crippen LogP contribution is 2.22. The summed E-state index contributed by atoms with van der Waals surface area (Å²) in [6.45, 7) is 5.56. The standard InChI is InChI=1S/C7H11N3OS/c1-7(2,3)4(11)5-9-10-6(8)12-5/h1-3H3,(H2,8,10)/p+1. The van der Waals surface area contributed by atoms with Gasteiger partial charge in [-0.1, -0.05) is 25.9 Å². The maximum Gasteiger partial charge on any atom is 0.352 e. The van der Waals surface area contributed by atoms with Crippen molar-refractivity contribution in [3.63, 3.8) is 0 Å². The summed E-state index contributed by atoms with van der Waals surface area (Å²) in [6.07, 6.45) is 0. The lowest BCUT2D eigenvalue weighted by Gasteiger charge is -2.12. The van der Waals surface area contributed by atoms with Gasteiger partial charge in [0, 0.05) is 5.41 Å². The molecule has 0 amide bonds. The Bertz CT molecular complexity index is 300. The number of ketones is 1. The van der Waals surface area contributed by atoms with Crippen molar-refractivity contribution in [1.29, 1.82) is 0 Å². The average molecular weight is 186 g/mol. The molecule has 4 nitrogen and oxygen atoms in total. The van der Waals surface area contributed by atoms with Crippen molar-refractivity contribution < 1.29 is 9.89 Å². The van der Waals surface area contributed by atoms with E-state index in [0.717, 1.165) is 0 Å². The van der Waals surface area contributed by atoms with Gasteiger partial charge in [0.2, 0.25) is 10.8 Å². The van der Waals surface area contributed by atoms with Crippen LogP contribution in [0, 0.1) is 5.41 Å². The number of rotatable bonds is 1. The fraction of sp³-hybridized carbons (Fsp3) is 0.571. The normalized spacial score (nSPS) is 11.6. The zero-order valence-electron chi connectivity index (χ0n) is 7.34. The van der Waals surface area contributed by atoms with Crippen molar-refractivity contribution in [3.05, 3.63) is 5.01 Å². The van der Waals surface area contributed by atoms with Crippen molar-refractivity contribution in [2.24, 2.45) is 5.41 Å². The second-order valence-electron chi connectivity index (χ2n) is 3.57. The van der Waals surface area contributed by atoms with Crippen LogP contribution in [0.3, 0.4) is 0 Å². The molecule has 3 N–H and O–H groups in total. The molecule has 0 bridgehead atoms. The molecular formula is C7H12N3OS+. The zero-order chi connectivity index (χ0) is 9.35. The largest absolute Gasteiger partial charge is 0.352 e. The number of hydrogen-bond acceptors (Lipinski definition) is 4. The maximum atomic E-state index is 11.6. The summed E-state index contributed by atoms with van der Waals surface area (Å²) in [5.41, 5.74) is 5.02. The number of nitrogen functional groups attached to an aromatic ring is 1. The number of anilines is 1. The third kappa shape index (κ3) is 1.79. The Hall–Kier alpha value is -0.970. The molecule has 0 aliphatic carbocycles. The third-order valence-electron chi connectivity index (χ3n) is 1.35. The van der Waals surface area contributed by atoms with Gasteiger partial charge in [0.25, 0.3) is 0 Å². The molecule has 12 heavy (non-hydrogen) atoms. The van der Waals surface area contributed by atoms with E-state index in [2.05, 4.69) is 10.2 Å². The number of H-pyrrole nitrogens is 1. The molecule has 0 aliphatic rings. The second-order valence-corrected chi connectivity index (χ2v) is 4.60. The fourth-order valence-electron chi connectivity index (χ4n) is 0.674. The lowest BCUT2D eigenvalue weighted by molar-refractivity contribution is -0.432. The minimum Gasteiger partial charge on any atom is -0.291 e. The molecule has 1 heterocycles. The highest BCUT2D eigenvalue weighted by Gasteiger charge is 2.27. The summed E-state index contributed by atoms with van der Waals surface area (Å²) in [4.78, 5) is 11.6. The Morgan fingerprint density at radius 3 is 2.50 bits per heavy atom. The number of aromatic amines is 1. The molecule has 1 rings (SSSR count). The van der Waals surface area contributed by atoms with Gasteiger partial charge in [0.1, 0.15) is 0 Å². The smallest absolute Gasteiger partial charge is 0.291 e. The summed E-state index contributed by atoms with van der Waals surface area (Å²) in [7, 11) is 0. The van der Waals surface area contributed by atoms with Gasteiger partial charge in [-0.25, -0.2) is 0 Å². The SMILES string of the molecule is CC(C)(C)C(=O)c1n[nH+]c(N)s1. The molecule has 0 aromatic carbocycles. The summed E-state index contributed by atoms with van der Waals surface area (Å²) in [5, 5.41) is 7.25. The minimum absolute atomic E-state index is 0.0143. The lowest BCUT2D eigenvalue weighted by atomic mass is 9.91. The third-order valence-corrected chi connectivity index (χ3v) is 2.13. The number of nitrogens with one attached hydrogen (secondary N) is 1. The van der Waals surface area contributed by atoms with Crippen molar-refractivity contribution >= 4 is 22.3 Å². The molecule has 0 fully saturated rings. The van der Waals surface area contributed by atoms with Crippen LogP contribution in [-0.2, 0) is 0 Å². The van der Waals surface area contributed by atoms with E-state index in [1.807, 2.05) is 20.8 Å². The van der Waals surface area contributed by atoms with E-state index < -0.39 is 5.41 Å². The average Bonchev–Trinajstić information content (AvgIpc) is 2.32. The Balaban J connectivity index is 2.93. The first kappa shape index (κ1) is 9.12. The second kappa shape index (κ2) is 2.82. The minimum atomic E-state index is -0.391. The Morgan fingerprint density at radius 1 is 1.58 bits per heavy atom. The van der Waals surface area contributed by atoms with E-state index in [9.17, 15) is 4.79 Å². The van der Waals surface area contributed by atoms with Crippen molar-refractivity contribution in [2.75, 3.05) is 5.73 Å². The van der Waals surface area contributed by atoms with Crippen LogP contribution < -0.4 is 10.8 Å². The Morgan fingerprint density at radius 2 is 2.17 bits per heavy atom. The molecule has 0 atom stereocenters. The molecule has 0 aliphatic heterocycles. The van der Waals surface area contributed by atoms with Gasteiger partial charge < -0.3 is 0 Å². The van der Waals surface area contributed by atoms with Gasteiger partial charge in [-0.15, -0.1) is 5.10 Å². The van der Waals surface area contributed by atoms with E-state index in [1.165, 1.54) is 11.3 Å². The molecule has 5 heteroatoms. The van der Waals surface area contributed by atoms with E-state index in [1.54, 1.807) is 0 Å². The van der Waals surface area contributed by atoms with E-state index in [0.29, 0.717) is 10.1 Å². The van der Waals surface area contributed by atoms with Crippen LogP contribution >= 0.6 is 11.3 Å². The van der Waals surface area contributed by atoms with Crippen LogP contribution in [0.5, 0.6) is 0 Å². The number of nitrogens with zero attached hydrogens (tertiary/aromatic N) is 1. The van der Waals surface area contributed by atoms with E-state index in [4.69, 9.17) is 5.73 Å². The van der Waals surface area contributed by atoms with Gasteiger partial charge in [0.15, 0.2) is 0 Å². The van der Waals surface area contributed by atoms with E-state index >= 15 is 0 Å². The molecule has 1 aromatic heterocycles. The van der Waals surface area contributed by atoms with Gasteiger partial charge in [-0.2, -0.15) is 0 Å². The lowest BCUT2D eigenvalue weighted by Crippen LogP contribution is -2.21. The number of carbonyl (C=O) groups excluding carboxylic acids is 1. The van der Waals surface area contributed by atoms with Crippen molar-refractivity contribution in [3.8, 4) is 0 Å². The predicted molar refractivity (Wildman–Crippen MR) is 46.9 cm³/mol. The summed E-state index contributed by atoms with van der Waals surface area (Å²) >= 11 is 1.18. The van der Waals surface area contributed by atoms with Crippen molar-refractivity contribution in [2.45, 2.75) is 20.8 Å². The molecule has 0 unspecified atom stereocenters. The van der Waals surface area contributed by atoms with Crippen molar-refractivity contribution in [1.82, 2.24) is 5.10 Å². The predicted octanol–water partition coefficient (Wildman–Crippen LogP) is 0.768. The Labute approximate surface area is 74.8 Å². The number of nitrogens with two attached hydrogens (primary N) is 1. The van der Waals surface area contributed by atoms with E-state index in [-0.39, 0.29) is 5.78 Å². The number of carbonyl (C=O) groups is 1. The first-order chi connectivity index (χ1) is 5.41. The summed E-state index contributed by atoms with van der Waals surface area (Å²) < 4.78 is 0. The van der Waals surface area contributed by atoms with Crippen LogP contribution in [0.25, 0.3) is 0 Å². The topological polar surface area (TPSA) is 70.1 Å². The summed E-state index contributed by atoms with van der Waals surface area (Å²) in [5.74, 6) is 0.0143. The van der Waals surface area contributed by atoms with Crippen LogP contribution in [-0.4, -0.2) is 10.9 Å². The molecule has 0 saturated heterocycles. The zero-order valence-corrected chi connectivity index (χ0v) is 8.16. The van der Waals surface area contributed by atoms with Gasteiger partial charge >= 0.3 is 5.13 Å². The van der Waals surface area contributed by atoms with Gasteiger partial charge in [-0.05, 0) is 11.3 Å². The molecule has 0 saturated carbocycles. The molecule has 0 spiro atoms. The number of Topliss-reactive ketones (excluding diaryl/α,β-unsaturated/α-hetero) is 1.